The molecule has 146 valence electrons. The van der Waals surface area contributed by atoms with Crippen LogP contribution in [-0.2, 0) is 16.0 Å². The fourth-order valence-electron chi connectivity index (χ4n) is 3.80. The number of rotatable bonds is 6. The second-order valence-corrected chi connectivity index (χ2v) is 8.03. The predicted molar refractivity (Wildman–Crippen MR) is 105 cm³/mol. The van der Waals surface area contributed by atoms with Gasteiger partial charge >= 0.3 is 0 Å². The van der Waals surface area contributed by atoms with Crippen LogP contribution < -0.4 is 0 Å². The van der Waals surface area contributed by atoms with E-state index < -0.39 is 0 Å². The van der Waals surface area contributed by atoms with Crippen molar-refractivity contribution in [2.75, 3.05) is 26.3 Å². The molecule has 7 heteroatoms. The zero-order chi connectivity index (χ0) is 19.5. The van der Waals surface area contributed by atoms with Crippen LogP contribution in [0.1, 0.15) is 38.4 Å². The number of imide groups is 1. The van der Waals surface area contributed by atoms with Gasteiger partial charge in [0.1, 0.15) is 6.54 Å². The standard InChI is InChI=1S/C21H22N2O4S/c24-19(14-23-20(25)17-5-1-2-6-18(17)21(23)26)22(15-8-11-27-12-9-15)10-7-16-4-3-13-28-16/h1-6,13,15H,7-12,14H2. The van der Waals surface area contributed by atoms with Crippen LogP contribution in [0, 0.1) is 0 Å². The van der Waals surface area contributed by atoms with Crippen LogP contribution in [0.5, 0.6) is 0 Å². The molecule has 28 heavy (non-hydrogen) atoms. The maximum absolute atomic E-state index is 13.1. The largest absolute Gasteiger partial charge is 0.381 e. The molecule has 3 heterocycles. The monoisotopic (exact) mass is 398 g/mol. The molecule has 1 fully saturated rings. The molecule has 2 aliphatic rings. The Morgan fingerprint density at radius 2 is 1.75 bits per heavy atom. The minimum absolute atomic E-state index is 0.0800. The first-order valence-electron chi connectivity index (χ1n) is 9.50. The summed E-state index contributed by atoms with van der Waals surface area (Å²) in [6.07, 6.45) is 2.32. The van der Waals surface area contributed by atoms with Crippen molar-refractivity contribution in [2.45, 2.75) is 25.3 Å². The second-order valence-electron chi connectivity index (χ2n) is 7.00. The lowest BCUT2D eigenvalue weighted by molar-refractivity contribution is -0.135. The van der Waals surface area contributed by atoms with Gasteiger partial charge in [0, 0.05) is 30.7 Å². The summed E-state index contributed by atoms with van der Waals surface area (Å²) in [6, 6.07) is 10.9. The van der Waals surface area contributed by atoms with Gasteiger partial charge in [0.15, 0.2) is 0 Å². The Kier molecular flexibility index (Phi) is 5.54. The van der Waals surface area contributed by atoms with Crippen molar-refractivity contribution in [1.82, 2.24) is 9.80 Å². The number of carbonyl (C=O) groups excluding carboxylic acids is 3. The van der Waals surface area contributed by atoms with E-state index in [2.05, 4.69) is 6.07 Å². The van der Waals surface area contributed by atoms with Gasteiger partial charge in [-0.05, 0) is 42.8 Å². The average molecular weight is 398 g/mol. The summed E-state index contributed by atoms with van der Waals surface area (Å²) in [5, 5.41) is 2.02. The molecule has 3 amide bonds. The maximum Gasteiger partial charge on any atom is 0.262 e. The van der Waals surface area contributed by atoms with Crippen LogP contribution in [0.3, 0.4) is 0 Å². The van der Waals surface area contributed by atoms with Gasteiger partial charge in [0.2, 0.25) is 5.91 Å². The third-order valence-corrected chi connectivity index (χ3v) is 6.24. The molecule has 1 aromatic carbocycles. The molecule has 0 N–H and O–H groups in total. The lowest BCUT2D eigenvalue weighted by Crippen LogP contribution is -2.49. The Bertz CT molecular complexity index is 839. The smallest absolute Gasteiger partial charge is 0.262 e. The Hall–Kier alpha value is -2.51. The summed E-state index contributed by atoms with van der Waals surface area (Å²) in [7, 11) is 0. The molecule has 0 bridgehead atoms. The Morgan fingerprint density at radius 1 is 1.07 bits per heavy atom. The highest BCUT2D eigenvalue weighted by Gasteiger charge is 2.38. The van der Waals surface area contributed by atoms with E-state index in [1.807, 2.05) is 16.3 Å². The number of amides is 3. The number of carbonyl (C=O) groups is 3. The third kappa shape index (κ3) is 3.72. The van der Waals surface area contributed by atoms with Gasteiger partial charge in [0.25, 0.3) is 11.8 Å². The van der Waals surface area contributed by atoms with Gasteiger partial charge in [-0.25, -0.2) is 0 Å². The number of hydrogen-bond acceptors (Lipinski definition) is 5. The molecule has 0 aliphatic carbocycles. The van der Waals surface area contributed by atoms with Crippen molar-refractivity contribution in [3.63, 3.8) is 0 Å². The molecule has 0 spiro atoms. The highest BCUT2D eigenvalue weighted by molar-refractivity contribution is 7.09. The molecular weight excluding hydrogens is 376 g/mol. The van der Waals surface area contributed by atoms with Crippen LogP contribution in [0.15, 0.2) is 41.8 Å². The molecule has 2 aromatic rings. The number of ether oxygens (including phenoxy) is 1. The lowest BCUT2D eigenvalue weighted by atomic mass is 10.1. The minimum Gasteiger partial charge on any atom is -0.381 e. The van der Waals surface area contributed by atoms with Crippen molar-refractivity contribution < 1.29 is 19.1 Å². The van der Waals surface area contributed by atoms with E-state index in [0.29, 0.717) is 30.9 Å². The van der Waals surface area contributed by atoms with E-state index >= 15 is 0 Å². The molecule has 0 saturated carbocycles. The summed E-state index contributed by atoms with van der Waals surface area (Å²) in [4.78, 5) is 42.5. The normalized spacial score (nSPS) is 17.1. The zero-order valence-corrected chi connectivity index (χ0v) is 16.3. The Balaban J connectivity index is 1.49. The van der Waals surface area contributed by atoms with Crippen molar-refractivity contribution >= 4 is 29.1 Å². The van der Waals surface area contributed by atoms with E-state index in [4.69, 9.17) is 4.74 Å². The van der Waals surface area contributed by atoms with Crippen LogP contribution in [0.2, 0.25) is 0 Å². The summed E-state index contributed by atoms with van der Waals surface area (Å²) >= 11 is 1.67. The Labute approximate surface area is 167 Å². The fraction of sp³-hybridized carbons (Fsp3) is 0.381. The third-order valence-electron chi connectivity index (χ3n) is 5.30. The van der Waals surface area contributed by atoms with Gasteiger partial charge in [-0.2, -0.15) is 0 Å². The van der Waals surface area contributed by atoms with Crippen LogP contribution >= 0.6 is 11.3 Å². The molecule has 1 aromatic heterocycles. The quantitative estimate of drug-likeness (QED) is 0.702. The number of hydrogen-bond donors (Lipinski definition) is 0. The second kappa shape index (κ2) is 8.24. The Morgan fingerprint density at radius 3 is 2.36 bits per heavy atom. The minimum atomic E-state index is -0.390. The van der Waals surface area contributed by atoms with Gasteiger partial charge < -0.3 is 9.64 Å². The first kappa shape index (κ1) is 18.8. The van der Waals surface area contributed by atoms with Crippen molar-refractivity contribution in [1.29, 1.82) is 0 Å². The van der Waals surface area contributed by atoms with Gasteiger partial charge in [0.05, 0.1) is 11.1 Å². The average Bonchev–Trinajstić information content (AvgIpc) is 3.32. The highest BCUT2D eigenvalue weighted by atomic mass is 32.1. The fourth-order valence-corrected chi connectivity index (χ4v) is 4.50. The summed E-state index contributed by atoms with van der Waals surface area (Å²) in [5.41, 5.74) is 0.744. The van der Waals surface area contributed by atoms with E-state index in [0.717, 1.165) is 24.2 Å². The van der Waals surface area contributed by atoms with Gasteiger partial charge in [-0.15, -0.1) is 11.3 Å². The van der Waals surface area contributed by atoms with Crippen LogP contribution in [0.25, 0.3) is 0 Å². The van der Waals surface area contributed by atoms with E-state index in [-0.39, 0.29) is 30.3 Å². The number of fused-ring (bicyclic) bond motifs is 1. The molecule has 4 rings (SSSR count). The predicted octanol–water partition coefficient (Wildman–Crippen LogP) is 2.59. The van der Waals surface area contributed by atoms with Crippen molar-refractivity contribution in [3.05, 3.63) is 57.8 Å². The first-order chi connectivity index (χ1) is 13.6. The van der Waals surface area contributed by atoms with Gasteiger partial charge in [-0.3, -0.25) is 19.3 Å². The number of benzene rings is 1. The van der Waals surface area contributed by atoms with E-state index in [1.165, 1.54) is 4.88 Å². The first-order valence-corrected chi connectivity index (χ1v) is 10.4. The zero-order valence-electron chi connectivity index (χ0n) is 15.5. The molecule has 6 nitrogen and oxygen atoms in total. The van der Waals surface area contributed by atoms with Crippen LogP contribution in [-0.4, -0.2) is 59.9 Å². The highest BCUT2D eigenvalue weighted by Crippen LogP contribution is 2.23. The molecular formula is C21H22N2O4S. The molecule has 0 radical (unpaired) electrons. The molecule has 2 aliphatic heterocycles. The van der Waals surface area contributed by atoms with Crippen LogP contribution in [0.4, 0.5) is 0 Å². The van der Waals surface area contributed by atoms with E-state index in [9.17, 15) is 14.4 Å². The summed E-state index contributed by atoms with van der Waals surface area (Å²) in [5.74, 6) is -0.962. The number of thiophene rings is 1. The summed E-state index contributed by atoms with van der Waals surface area (Å²) < 4.78 is 5.44. The van der Waals surface area contributed by atoms with Gasteiger partial charge in [-0.1, -0.05) is 18.2 Å². The number of nitrogens with zero attached hydrogens (tertiary/aromatic N) is 2. The SMILES string of the molecule is O=C1c2ccccc2C(=O)N1CC(=O)N(CCc1cccs1)C1CCOCC1. The van der Waals surface area contributed by atoms with E-state index in [1.54, 1.807) is 35.6 Å². The van der Waals surface area contributed by atoms with Crippen molar-refractivity contribution in [3.8, 4) is 0 Å². The van der Waals surface area contributed by atoms with Crippen molar-refractivity contribution in [2.24, 2.45) is 0 Å². The maximum atomic E-state index is 13.1. The molecule has 0 atom stereocenters. The molecule has 1 saturated heterocycles. The molecule has 0 unspecified atom stereocenters. The topological polar surface area (TPSA) is 66.9 Å². The lowest BCUT2D eigenvalue weighted by Gasteiger charge is -2.35. The summed E-state index contributed by atoms with van der Waals surface area (Å²) in [6.45, 7) is 1.61.